The summed E-state index contributed by atoms with van der Waals surface area (Å²) >= 11 is 9.98. The van der Waals surface area contributed by atoms with Crippen molar-refractivity contribution in [2.75, 3.05) is 18.6 Å². The Morgan fingerprint density at radius 3 is 2.59 bits per heavy atom. The average molecular weight is 499 g/mol. The molecule has 29 heavy (non-hydrogen) atoms. The first-order valence-corrected chi connectivity index (χ1v) is 10.0. The molecule has 150 valence electrons. The van der Waals surface area contributed by atoms with Gasteiger partial charge in [0.1, 0.15) is 0 Å². The summed E-state index contributed by atoms with van der Waals surface area (Å²) in [5, 5.41) is 8.86. The lowest BCUT2D eigenvalue weighted by Crippen LogP contribution is -2.27. The molecular weight excluding hydrogens is 486 g/mol. The topological polar surface area (TPSA) is 93.1 Å². The maximum Gasteiger partial charge on any atom is 0.341 e. The Bertz CT molecular complexity index is 1020. The number of benzene rings is 2. The van der Waals surface area contributed by atoms with Crippen molar-refractivity contribution in [3.63, 3.8) is 0 Å². The molecular formula is C19H13BrClNO6S. The van der Waals surface area contributed by atoms with E-state index < -0.39 is 23.7 Å². The lowest BCUT2D eigenvalue weighted by Gasteiger charge is -2.13. The minimum Gasteiger partial charge on any atom is -0.493 e. The summed E-state index contributed by atoms with van der Waals surface area (Å²) in [6, 6.07) is 9.60. The summed E-state index contributed by atoms with van der Waals surface area (Å²) < 4.78 is 10.9. The zero-order valence-electron chi connectivity index (χ0n) is 14.8. The molecule has 0 unspecified atom stereocenters. The van der Waals surface area contributed by atoms with Gasteiger partial charge in [0.05, 0.1) is 22.2 Å². The third kappa shape index (κ3) is 4.75. The third-order valence-electron chi connectivity index (χ3n) is 3.77. The van der Waals surface area contributed by atoms with Gasteiger partial charge in [-0.1, -0.05) is 11.6 Å². The van der Waals surface area contributed by atoms with Crippen molar-refractivity contribution >= 4 is 68.2 Å². The molecule has 0 radical (unpaired) electrons. The van der Waals surface area contributed by atoms with Crippen LogP contribution in [0.5, 0.6) is 11.5 Å². The number of thioether (sulfide) groups is 1. The molecule has 0 aliphatic carbocycles. The van der Waals surface area contributed by atoms with E-state index in [1.807, 2.05) is 0 Å². The quantitative estimate of drug-likeness (QED) is 0.571. The van der Waals surface area contributed by atoms with E-state index in [4.69, 9.17) is 26.2 Å². The molecule has 0 spiro atoms. The molecule has 0 aromatic heterocycles. The highest BCUT2D eigenvalue weighted by Gasteiger charge is 2.36. The molecule has 1 aliphatic heterocycles. The lowest BCUT2D eigenvalue weighted by atomic mass is 10.1. The summed E-state index contributed by atoms with van der Waals surface area (Å²) in [6.45, 7) is -0.533. The zero-order chi connectivity index (χ0) is 21.1. The van der Waals surface area contributed by atoms with Gasteiger partial charge < -0.3 is 14.6 Å². The van der Waals surface area contributed by atoms with Crippen LogP contribution in [0.4, 0.5) is 10.5 Å². The number of hydrogen-bond donors (Lipinski definition) is 1. The Balaban J connectivity index is 1.90. The van der Waals surface area contributed by atoms with Crippen LogP contribution in [0, 0.1) is 0 Å². The van der Waals surface area contributed by atoms with Crippen molar-refractivity contribution in [1.82, 2.24) is 0 Å². The number of halogens is 2. The van der Waals surface area contributed by atoms with Crippen LogP contribution in [-0.2, 0) is 9.59 Å². The first kappa shape index (κ1) is 21.2. The molecule has 1 N–H and O–H groups in total. The van der Waals surface area contributed by atoms with Gasteiger partial charge in [-0.05, 0) is 75.7 Å². The van der Waals surface area contributed by atoms with Gasteiger partial charge in [-0.3, -0.25) is 9.59 Å². The van der Waals surface area contributed by atoms with Crippen molar-refractivity contribution in [2.24, 2.45) is 0 Å². The Labute approximate surface area is 183 Å². The number of amides is 2. The number of carbonyl (C=O) groups is 3. The number of carboxylic acids is 1. The lowest BCUT2D eigenvalue weighted by molar-refractivity contribution is -0.139. The van der Waals surface area contributed by atoms with Crippen LogP contribution in [-0.4, -0.2) is 35.9 Å². The molecule has 0 saturated carbocycles. The molecule has 3 rings (SSSR count). The first-order valence-electron chi connectivity index (χ1n) is 8.06. The Hall–Kier alpha value is -2.49. The van der Waals surface area contributed by atoms with Gasteiger partial charge in [0, 0.05) is 5.02 Å². The van der Waals surface area contributed by atoms with Gasteiger partial charge in [-0.25, -0.2) is 9.69 Å². The predicted octanol–water partition coefficient (Wildman–Crippen LogP) is 4.82. The largest absolute Gasteiger partial charge is 0.493 e. The number of carboxylic acid groups (broad SMARTS) is 1. The van der Waals surface area contributed by atoms with Gasteiger partial charge in [0.25, 0.3) is 11.1 Å². The molecule has 0 atom stereocenters. The van der Waals surface area contributed by atoms with E-state index in [1.165, 1.54) is 7.11 Å². The number of nitrogens with zero attached hydrogens (tertiary/aromatic N) is 1. The number of imide groups is 1. The summed E-state index contributed by atoms with van der Waals surface area (Å²) in [5.74, 6) is -1.08. The van der Waals surface area contributed by atoms with E-state index >= 15 is 0 Å². The normalized spacial score (nSPS) is 15.1. The third-order valence-corrected chi connectivity index (χ3v) is 5.48. The van der Waals surface area contributed by atoms with Gasteiger partial charge in [0.15, 0.2) is 18.1 Å². The van der Waals surface area contributed by atoms with E-state index in [-0.39, 0.29) is 16.4 Å². The van der Waals surface area contributed by atoms with Crippen LogP contribution in [0.15, 0.2) is 45.8 Å². The fourth-order valence-electron chi connectivity index (χ4n) is 2.53. The number of carbonyl (C=O) groups excluding carboxylic acids is 2. The van der Waals surface area contributed by atoms with Crippen LogP contribution in [0.25, 0.3) is 6.08 Å². The summed E-state index contributed by atoms with van der Waals surface area (Å²) in [5.41, 5.74) is 0.995. The molecule has 10 heteroatoms. The Morgan fingerprint density at radius 1 is 1.28 bits per heavy atom. The minimum atomic E-state index is -1.13. The van der Waals surface area contributed by atoms with Crippen molar-refractivity contribution in [1.29, 1.82) is 0 Å². The Morgan fingerprint density at radius 2 is 1.97 bits per heavy atom. The summed E-state index contributed by atoms with van der Waals surface area (Å²) in [7, 11) is 1.41. The maximum atomic E-state index is 12.7. The highest BCUT2D eigenvalue weighted by atomic mass is 79.9. The van der Waals surface area contributed by atoms with Gasteiger partial charge in [-0.15, -0.1) is 0 Å². The minimum absolute atomic E-state index is 0.223. The molecule has 0 bridgehead atoms. The van der Waals surface area contributed by atoms with Crippen LogP contribution >= 0.6 is 39.3 Å². The number of anilines is 1. The van der Waals surface area contributed by atoms with E-state index in [9.17, 15) is 14.4 Å². The summed E-state index contributed by atoms with van der Waals surface area (Å²) in [6.07, 6.45) is 1.55. The van der Waals surface area contributed by atoms with E-state index in [2.05, 4.69) is 15.9 Å². The number of rotatable bonds is 6. The average Bonchev–Trinajstić information content (AvgIpc) is 2.94. The maximum absolute atomic E-state index is 12.7. The van der Waals surface area contributed by atoms with Crippen molar-refractivity contribution in [2.45, 2.75) is 0 Å². The second kappa shape index (κ2) is 8.89. The molecule has 7 nitrogen and oxygen atoms in total. The standard InChI is InChI=1S/C19H13BrClNO6S/c1-27-14-7-10(6-13(20)17(14)28-9-16(23)24)8-15-18(25)22(19(26)29-15)12-4-2-11(21)3-5-12/h2-8H,9H2,1H3,(H,23,24)/b15-8+. The van der Waals surface area contributed by atoms with Crippen LogP contribution in [0.2, 0.25) is 5.02 Å². The zero-order valence-corrected chi connectivity index (χ0v) is 18.0. The number of hydrogen-bond acceptors (Lipinski definition) is 6. The van der Waals surface area contributed by atoms with Gasteiger partial charge in [0.2, 0.25) is 0 Å². The van der Waals surface area contributed by atoms with Gasteiger partial charge >= 0.3 is 5.97 Å². The fraction of sp³-hybridized carbons (Fsp3) is 0.105. The molecule has 2 aromatic rings. The molecule has 2 aromatic carbocycles. The molecule has 1 aliphatic rings. The second-order valence-electron chi connectivity index (χ2n) is 5.71. The van der Waals surface area contributed by atoms with Crippen molar-refractivity contribution in [3.8, 4) is 11.5 Å². The first-order chi connectivity index (χ1) is 13.8. The Kier molecular flexibility index (Phi) is 6.51. The van der Waals surface area contributed by atoms with Crippen LogP contribution in [0.3, 0.4) is 0 Å². The predicted molar refractivity (Wildman–Crippen MR) is 114 cm³/mol. The van der Waals surface area contributed by atoms with E-state index in [0.717, 1.165) is 16.7 Å². The molecule has 1 saturated heterocycles. The van der Waals surface area contributed by atoms with Crippen LogP contribution < -0.4 is 14.4 Å². The smallest absolute Gasteiger partial charge is 0.341 e. The van der Waals surface area contributed by atoms with Crippen LogP contribution in [0.1, 0.15) is 5.56 Å². The highest BCUT2D eigenvalue weighted by Crippen LogP contribution is 2.40. The number of aliphatic carboxylic acids is 1. The van der Waals surface area contributed by atoms with Crippen molar-refractivity contribution < 1.29 is 29.0 Å². The molecule has 1 fully saturated rings. The molecule has 1 heterocycles. The van der Waals surface area contributed by atoms with Crippen molar-refractivity contribution in [3.05, 3.63) is 56.4 Å². The number of ether oxygens (including phenoxy) is 2. The monoisotopic (exact) mass is 497 g/mol. The fourth-order valence-corrected chi connectivity index (χ4v) is 4.07. The van der Waals surface area contributed by atoms with Gasteiger partial charge in [-0.2, -0.15) is 0 Å². The second-order valence-corrected chi connectivity index (χ2v) is 7.99. The highest BCUT2D eigenvalue weighted by molar-refractivity contribution is 9.10. The number of methoxy groups -OCH3 is 1. The van der Waals surface area contributed by atoms with E-state index in [0.29, 0.717) is 20.7 Å². The van der Waals surface area contributed by atoms with E-state index in [1.54, 1.807) is 42.5 Å². The molecule has 2 amide bonds. The summed E-state index contributed by atoms with van der Waals surface area (Å²) in [4.78, 5) is 37.1. The SMILES string of the molecule is COc1cc(/C=C2/SC(=O)N(c3ccc(Cl)cc3)C2=O)cc(Br)c1OCC(=O)O.